The summed E-state index contributed by atoms with van der Waals surface area (Å²) in [5, 5.41) is 0. The third-order valence-corrected chi connectivity index (χ3v) is 6.38. The Labute approximate surface area is 162 Å². The summed E-state index contributed by atoms with van der Waals surface area (Å²) in [6.45, 7) is 5.60. The maximum Gasteiger partial charge on any atom is 0.314 e. The first kappa shape index (κ1) is 18.5. The minimum Gasteiger partial charge on any atom is -0.497 e. The Kier molecular flexibility index (Phi) is 5.53. The molecule has 1 aromatic carbocycles. The maximum absolute atomic E-state index is 13.0. The summed E-state index contributed by atoms with van der Waals surface area (Å²) in [5.41, 5.74) is 5.46. The van der Waals surface area contributed by atoms with Crippen molar-refractivity contribution in [2.75, 3.05) is 33.4 Å². The number of ether oxygens (including phenoxy) is 2. The van der Waals surface area contributed by atoms with Crippen LogP contribution in [0.4, 0.5) is 0 Å². The van der Waals surface area contributed by atoms with Crippen molar-refractivity contribution in [3.8, 4) is 5.75 Å². The number of methoxy groups -OCH3 is 1. The lowest BCUT2D eigenvalue weighted by atomic mass is 9.82. The molecule has 4 nitrogen and oxygen atoms in total. The molecule has 2 heterocycles. The molecule has 3 unspecified atom stereocenters. The summed E-state index contributed by atoms with van der Waals surface area (Å²) in [4.78, 5) is 15.5. The summed E-state index contributed by atoms with van der Waals surface area (Å²) in [6.07, 6.45) is 6.34. The van der Waals surface area contributed by atoms with Gasteiger partial charge in [-0.05, 0) is 79.8 Å². The molecule has 2 aliphatic heterocycles. The Hall–Kier alpha value is -1.81. The van der Waals surface area contributed by atoms with Crippen LogP contribution in [0.2, 0.25) is 0 Å². The third-order valence-electron chi connectivity index (χ3n) is 6.38. The number of esters is 1. The Bertz CT molecular complexity index is 739. The minimum absolute atomic E-state index is 0.0268. The van der Waals surface area contributed by atoms with Gasteiger partial charge >= 0.3 is 5.97 Å². The quantitative estimate of drug-likeness (QED) is 0.750. The monoisotopic (exact) mass is 369 g/mol. The molecule has 3 aliphatic rings. The van der Waals surface area contributed by atoms with Gasteiger partial charge in [-0.3, -0.25) is 4.79 Å². The van der Waals surface area contributed by atoms with Crippen molar-refractivity contribution >= 4 is 11.5 Å². The van der Waals surface area contributed by atoms with E-state index in [4.69, 9.17) is 9.47 Å². The molecule has 1 saturated heterocycles. The summed E-state index contributed by atoms with van der Waals surface area (Å²) < 4.78 is 11.2. The molecule has 2 bridgehead atoms. The van der Waals surface area contributed by atoms with Crippen LogP contribution in [-0.4, -0.2) is 44.2 Å². The van der Waals surface area contributed by atoms with Crippen molar-refractivity contribution in [1.82, 2.24) is 4.90 Å². The standard InChI is InChI=1S/C23H31NO3/c1-3-11-27-23(25)22-15-24-10-9-16(14-24)12-21-19(22)6-4-5-17-7-8-18(26-2)13-20(17)21/h7-8,13,16,22H,3-6,9-12,14-15H2,1-2H3. The molecule has 1 aliphatic carbocycles. The number of hydrogen-bond donors (Lipinski definition) is 0. The SMILES string of the molecule is CCCOC(=O)C1CN2CCC(CC3=C1CCCc1ccc(OC)cc13)C2. The van der Waals surface area contributed by atoms with E-state index in [0.717, 1.165) is 57.5 Å². The number of aryl methyl sites for hydroxylation is 1. The average Bonchev–Trinajstić information content (AvgIpc) is 3.07. The molecular formula is C23H31NO3. The first-order chi connectivity index (χ1) is 13.2. The van der Waals surface area contributed by atoms with Crippen LogP contribution >= 0.6 is 0 Å². The van der Waals surface area contributed by atoms with Crippen molar-refractivity contribution in [2.45, 2.75) is 45.4 Å². The Morgan fingerprint density at radius 1 is 1.26 bits per heavy atom. The van der Waals surface area contributed by atoms with E-state index in [1.165, 1.54) is 28.7 Å². The molecule has 146 valence electrons. The molecule has 0 aromatic heterocycles. The van der Waals surface area contributed by atoms with Gasteiger partial charge in [0.25, 0.3) is 0 Å². The molecular weight excluding hydrogens is 338 g/mol. The first-order valence-electron chi connectivity index (χ1n) is 10.5. The lowest BCUT2D eigenvalue weighted by molar-refractivity contribution is -0.147. The highest BCUT2D eigenvalue weighted by atomic mass is 16.5. The van der Waals surface area contributed by atoms with Crippen LogP contribution in [0.1, 0.15) is 50.2 Å². The van der Waals surface area contributed by atoms with Gasteiger partial charge in [-0.25, -0.2) is 0 Å². The van der Waals surface area contributed by atoms with E-state index < -0.39 is 0 Å². The van der Waals surface area contributed by atoms with Crippen LogP contribution in [0.25, 0.3) is 5.57 Å². The summed E-state index contributed by atoms with van der Waals surface area (Å²) in [5.74, 6) is 1.45. The Morgan fingerprint density at radius 2 is 2.15 bits per heavy atom. The van der Waals surface area contributed by atoms with Gasteiger partial charge in [0.05, 0.1) is 19.6 Å². The fourth-order valence-electron chi connectivity index (χ4n) is 5.02. The molecule has 1 aromatic rings. The van der Waals surface area contributed by atoms with Crippen LogP contribution < -0.4 is 4.74 Å². The predicted octanol–water partition coefficient (Wildman–Crippen LogP) is 4.08. The zero-order valence-electron chi connectivity index (χ0n) is 16.6. The number of allylic oxidation sites excluding steroid dienone is 1. The average molecular weight is 370 g/mol. The molecule has 0 radical (unpaired) electrons. The van der Waals surface area contributed by atoms with Crippen LogP contribution in [0.5, 0.6) is 5.75 Å². The molecule has 0 amide bonds. The minimum atomic E-state index is -0.122. The lowest BCUT2D eigenvalue weighted by Gasteiger charge is -2.30. The Morgan fingerprint density at radius 3 is 2.96 bits per heavy atom. The normalized spacial score (nSPS) is 27.1. The summed E-state index contributed by atoms with van der Waals surface area (Å²) in [6, 6.07) is 6.48. The smallest absolute Gasteiger partial charge is 0.314 e. The molecule has 4 heteroatoms. The molecule has 4 rings (SSSR count). The summed E-state index contributed by atoms with van der Waals surface area (Å²) in [7, 11) is 1.73. The van der Waals surface area contributed by atoms with E-state index >= 15 is 0 Å². The highest BCUT2D eigenvalue weighted by Gasteiger charge is 2.37. The van der Waals surface area contributed by atoms with Gasteiger partial charge in [-0.15, -0.1) is 0 Å². The number of fused-ring (bicyclic) bond motifs is 4. The fourth-order valence-corrected chi connectivity index (χ4v) is 5.02. The number of nitrogens with zero attached hydrogens (tertiary/aromatic N) is 1. The number of carbonyl (C=O) groups is 1. The van der Waals surface area contributed by atoms with Crippen molar-refractivity contribution in [2.24, 2.45) is 11.8 Å². The van der Waals surface area contributed by atoms with E-state index in [0.29, 0.717) is 12.5 Å². The molecule has 27 heavy (non-hydrogen) atoms. The predicted molar refractivity (Wildman–Crippen MR) is 107 cm³/mol. The van der Waals surface area contributed by atoms with Gasteiger partial charge in [0.2, 0.25) is 0 Å². The molecule has 1 fully saturated rings. The van der Waals surface area contributed by atoms with Crippen LogP contribution in [-0.2, 0) is 16.0 Å². The number of hydrogen-bond acceptors (Lipinski definition) is 4. The second kappa shape index (κ2) is 8.05. The number of benzene rings is 1. The maximum atomic E-state index is 13.0. The molecule has 0 saturated carbocycles. The fraction of sp³-hybridized carbons (Fsp3) is 0.609. The molecule has 0 spiro atoms. The summed E-state index contributed by atoms with van der Waals surface area (Å²) >= 11 is 0. The van der Waals surface area contributed by atoms with Gasteiger partial charge in [-0.2, -0.15) is 0 Å². The van der Waals surface area contributed by atoms with Gasteiger partial charge in [0, 0.05) is 13.1 Å². The topological polar surface area (TPSA) is 38.8 Å². The third kappa shape index (κ3) is 3.77. The van der Waals surface area contributed by atoms with Crippen molar-refractivity contribution in [3.05, 3.63) is 34.9 Å². The van der Waals surface area contributed by atoms with E-state index in [1.807, 2.05) is 0 Å². The Balaban J connectivity index is 1.79. The highest BCUT2D eigenvalue weighted by molar-refractivity contribution is 5.83. The number of carbonyl (C=O) groups excluding carboxylic acids is 1. The largest absolute Gasteiger partial charge is 0.497 e. The van der Waals surface area contributed by atoms with Crippen LogP contribution in [0, 0.1) is 11.8 Å². The van der Waals surface area contributed by atoms with Gasteiger partial charge in [0.1, 0.15) is 5.75 Å². The van der Waals surface area contributed by atoms with Crippen molar-refractivity contribution in [3.63, 3.8) is 0 Å². The molecule has 0 N–H and O–H groups in total. The van der Waals surface area contributed by atoms with Gasteiger partial charge < -0.3 is 14.4 Å². The van der Waals surface area contributed by atoms with Crippen molar-refractivity contribution in [1.29, 1.82) is 0 Å². The van der Waals surface area contributed by atoms with Crippen LogP contribution in [0.3, 0.4) is 0 Å². The lowest BCUT2D eigenvalue weighted by Crippen LogP contribution is -2.35. The zero-order valence-corrected chi connectivity index (χ0v) is 16.6. The van der Waals surface area contributed by atoms with Gasteiger partial charge in [-0.1, -0.05) is 18.6 Å². The van der Waals surface area contributed by atoms with Gasteiger partial charge in [0.15, 0.2) is 0 Å². The molecule has 3 atom stereocenters. The van der Waals surface area contributed by atoms with E-state index in [-0.39, 0.29) is 11.9 Å². The van der Waals surface area contributed by atoms with E-state index in [9.17, 15) is 4.79 Å². The highest BCUT2D eigenvalue weighted by Crippen LogP contribution is 2.43. The zero-order chi connectivity index (χ0) is 18.8. The van der Waals surface area contributed by atoms with Crippen LogP contribution in [0.15, 0.2) is 23.8 Å². The second-order valence-corrected chi connectivity index (χ2v) is 8.22. The second-order valence-electron chi connectivity index (χ2n) is 8.22. The van der Waals surface area contributed by atoms with E-state index in [2.05, 4.69) is 30.0 Å². The first-order valence-corrected chi connectivity index (χ1v) is 10.5. The van der Waals surface area contributed by atoms with Crippen molar-refractivity contribution < 1.29 is 14.3 Å². The number of rotatable bonds is 4. The van der Waals surface area contributed by atoms with E-state index in [1.54, 1.807) is 7.11 Å².